The Morgan fingerprint density at radius 1 is 1.38 bits per heavy atom. The molecule has 0 atom stereocenters. The summed E-state index contributed by atoms with van der Waals surface area (Å²) in [5.41, 5.74) is 1.43. The highest BCUT2D eigenvalue weighted by molar-refractivity contribution is 5.90. The summed E-state index contributed by atoms with van der Waals surface area (Å²) in [6.07, 6.45) is 0. The van der Waals surface area contributed by atoms with Crippen LogP contribution in [-0.4, -0.2) is 13.0 Å². The summed E-state index contributed by atoms with van der Waals surface area (Å²) in [7, 11) is 1.54. The van der Waals surface area contributed by atoms with Crippen LogP contribution in [0.2, 0.25) is 0 Å². The number of benzene rings is 1. The van der Waals surface area contributed by atoms with Gasteiger partial charge >= 0.3 is 0 Å². The van der Waals surface area contributed by atoms with E-state index in [4.69, 9.17) is 14.4 Å². The van der Waals surface area contributed by atoms with Crippen LogP contribution in [-0.2, 0) is 11.3 Å². The molecule has 21 heavy (non-hydrogen) atoms. The number of hydrogen-bond donors (Lipinski definition) is 2. The van der Waals surface area contributed by atoms with Crippen molar-refractivity contribution in [2.24, 2.45) is 0 Å². The molecule has 2 aromatic rings. The second kappa shape index (κ2) is 6.48. The van der Waals surface area contributed by atoms with Crippen molar-refractivity contribution in [1.82, 2.24) is 0 Å². The van der Waals surface area contributed by atoms with Gasteiger partial charge in [0.25, 0.3) is 0 Å². The van der Waals surface area contributed by atoms with Crippen LogP contribution in [0.15, 0.2) is 34.7 Å². The molecule has 108 valence electrons. The number of carbonyl (C=O) groups is 1. The minimum atomic E-state index is -0.159. The van der Waals surface area contributed by atoms with Gasteiger partial charge in [-0.05, 0) is 24.3 Å². The summed E-state index contributed by atoms with van der Waals surface area (Å²) in [6.45, 7) is 1.89. The summed E-state index contributed by atoms with van der Waals surface area (Å²) >= 11 is 0. The number of methoxy groups -OCH3 is 1. The quantitative estimate of drug-likeness (QED) is 0.882. The van der Waals surface area contributed by atoms with Gasteiger partial charge in [0.05, 0.1) is 19.3 Å². The number of amides is 1. The summed E-state index contributed by atoms with van der Waals surface area (Å²) in [5, 5.41) is 14.5. The lowest BCUT2D eigenvalue weighted by Gasteiger charge is -2.11. The maximum atomic E-state index is 11.1. The molecular weight excluding hydrogens is 270 g/mol. The zero-order valence-electron chi connectivity index (χ0n) is 11.8. The highest BCUT2D eigenvalue weighted by atomic mass is 16.5. The van der Waals surface area contributed by atoms with E-state index in [1.165, 1.54) is 14.0 Å². The topological polar surface area (TPSA) is 87.3 Å². The Labute approximate surface area is 122 Å². The summed E-state index contributed by atoms with van der Waals surface area (Å²) in [4.78, 5) is 11.1. The highest BCUT2D eigenvalue weighted by Crippen LogP contribution is 2.28. The van der Waals surface area contributed by atoms with Gasteiger partial charge in [-0.25, -0.2) is 0 Å². The second-order valence-electron chi connectivity index (χ2n) is 4.33. The van der Waals surface area contributed by atoms with Crippen LogP contribution in [0.25, 0.3) is 0 Å². The van der Waals surface area contributed by atoms with Crippen LogP contribution < -0.4 is 15.4 Å². The fourth-order valence-electron chi connectivity index (χ4n) is 1.82. The zero-order valence-corrected chi connectivity index (χ0v) is 11.8. The van der Waals surface area contributed by atoms with E-state index in [9.17, 15) is 4.79 Å². The molecule has 1 amide bonds. The molecule has 0 saturated heterocycles. The minimum absolute atomic E-state index is 0.159. The van der Waals surface area contributed by atoms with Crippen molar-refractivity contribution in [3.05, 3.63) is 41.9 Å². The summed E-state index contributed by atoms with van der Waals surface area (Å²) in [6, 6.07) is 10.7. The number of anilines is 2. The number of furan rings is 1. The molecule has 0 aliphatic heterocycles. The third-order valence-corrected chi connectivity index (χ3v) is 2.75. The lowest BCUT2D eigenvalue weighted by Crippen LogP contribution is -2.07. The maximum absolute atomic E-state index is 11.1. The van der Waals surface area contributed by atoms with E-state index >= 15 is 0 Å². The van der Waals surface area contributed by atoms with Crippen LogP contribution in [0.3, 0.4) is 0 Å². The van der Waals surface area contributed by atoms with Crippen LogP contribution >= 0.6 is 0 Å². The van der Waals surface area contributed by atoms with Gasteiger partial charge in [-0.3, -0.25) is 4.79 Å². The van der Waals surface area contributed by atoms with E-state index in [0.717, 1.165) is 5.69 Å². The Kier molecular flexibility index (Phi) is 4.46. The standard InChI is InChI=1S/C15H15N3O3/c1-10(19)18-14-6-3-11(7-15(14)20-2)17-9-13-5-4-12(8-16)21-13/h3-7,17H,9H2,1-2H3,(H,18,19). The van der Waals surface area contributed by atoms with Gasteiger partial charge in [-0.1, -0.05) is 0 Å². The van der Waals surface area contributed by atoms with Crippen molar-refractivity contribution >= 4 is 17.3 Å². The van der Waals surface area contributed by atoms with Gasteiger partial charge in [-0.2, -0.15) is 5.26 Å². The minimum Gasteiger partial charge on any atom is -0.494 e. The molecule has 2 rings (SSSR count). The molecule has 1 aromatic heterocycles. The Balaban J connectivity index is 2.06. The molecule has 0 bridgehead atoms. The second-order valence-corrected chi connectivity index (χ2v) is 4.33. The Morgan fingerprint density at radius 2 is 2.19 bits per heavy atom. The first-order valence-electron chi connectivity index (χ1n) is 6.30. The van der Waals surface area contributed by atoms with Crippen LogP contribution in [0.5, 0.6) is 5.75 Å². The van der Waals surface area contributed by atoms with E-state index in [2.05, 4.69) is 10.6 Å². The fraction of sp³-hybridized carbons (Fsp3) is 0.200. The lowest BCUT2D eigenvalue weighted by molar-refractivity contribution is -0.114. The monoisotopic (exact) mass is 285 g/mol. The van der Waals surface area contributed by atoms with Crippen molar-refractivity contribution in [3.63, 3.8) is 0 Å². The molecule has 0 unspecified atom stereocenters. The lowest BCUT2D eigenvalue weighted by atomic mass is 10.2. The molecule has 0 aliphatic rings. The third kappa shape index (κ3) is 3.76. The predicted molar refractivity (Wildman–Crippen MR) is 78.0 cm³/mol. The average molecular weight is 285 g/mol. The van der Waals surface area contributed by atoms with E-state index in [0.29, 0.717) is 23.7 Å². The van der Waals surface area contributed by atoms with Crippen molar-refractivity contribution in [2.75, 3.05) is 17.7 Å². The van der Waals surface area contributed by atoms with Gasteiger partial charge in [0.1, 0.15) is 17.6 Å². The van der Waals surface area contributed by atoms with Gasteiger partial charge in [0.15, 0.2) is 0 Å². The molecule has 2 N–H and O–H groups in total. The van der Waals surface area contributed by atoms with Gasteiger partial charge < -0.3 is 19.8 Å². The van der Waals surface area contributed by atoms with Crippen LogP contribution in [0.1, 0.15) is 18.4 Å². The van der Waals surface area contributed by atoms with Crippen LogP contribution in [0.4, 0.5) is 11.4 Å². The zero-order chi connectivity index (χ0) is 15.2. The number of nitriles is 1. The number of nitrogens with zero attached hydrogens (tertiary/aromatic N) is 1. The molecule has 0 saturated carbocycles. The number of carbonyl (C=O) groups excluding carboxylic acids is 1. The first-order valence-corrected chi connectivity index (χ1v) is 6.30. The van der Waals surface area contributed by atoms with Crippen molar-refractivity contribution in [2.45, 2.75) is 13.5 Å². The normalized spacial score (nSPS) is 9.76. The SMILES string of the molecule is COc1cc(NCc2ccc(C#N)o2)ccc1NC(C)=O. The Bertz CT molecular complexity index is 686. The van der Waals surface area contributed by atoms with E-state index in [-0.39, 0.29) is 11.7 Å². The summed E-state index contributed by atoms with van der Waals surface area (Å²) in [5.74, 6) is 1.35. The highest BCUT2D eigenvalue weighted by Gasteiger charge is 2.06. The smallest absolute Gasteiger partial charge is 0.221 e. The first kappa shape index (κ1) is 14.5. The molecular formula is C15H15N3O3. The molecule has 6 heteroatoms. The average Bonchev–Trinajstić information content (AvgIpc) is 2.93. The summed E-state index contributed by atoms with van der Waals surface area (Å²) < 4.78 is 10.5. The fourth-order valence-corrected chi connectivity index (χ4v) is 1.82. The largest absolute Gasteiger partial charge is 0.494 e. The number of ether oxygens (including phenoxy) is 1. The number of hydrogen-bond acceptors (Lipinski definition) is 5. The molecule has 6 nitrogen and oxygen atoms in total. The first-order chi connectivity index (χ1) is 10.1. The van der Waals surface area contributed by atoms with Crippen molar-refractivity contribution in [1.29, 1.82) is 5.26 Å². The number of rotatable bonds is 5. The van der Waals surface area contributed by atoms with Crippen molar-refractivity contribution in [3.8, 4) is 11.8 Å². The molecule has 1 aromatic carbocycles. The maximum Gasteiger partial charge on any atom is 0.221 e. The van der Waals surface area contributed by atoms with Gasteiger partial charge in [0, 0.05) is 18.7 Å². The predicted octanol–water partition coefficient (Wildman–Crippen LogP) is 2.73. The van der Waals surface area contributed by atoms with E-state index in [1.807, 2.05) is 12.1 Å². The Morgan fingerprint density at radius 3 is 2.81 bits per heavy atom. The molecule has 0 fully saturated rings. The van der Waals surface area contributed by atoms with Gasteiger partial charge in [-0.15, -0.1) is 0 Å². The Hall–Kier alpha value is -2.94. The number of nitrogens with one attached hydrogen (secondary N) is 2. The molecule has 0 aliphatic carbocycles. The van der Waals surface area contributed by atoms with Crippen molar-refractivity contribution < 1.29 is 13.9 Å². The van der Waals surface area contributed by atoms with Crippen LogP contribution in [0, 0.1) is 11.3 Å². The van der Waals surface area contributed by atoms with Gasteiger partial charge in [0.2, 0.25) is 11.7 Å². The van der Waals surface area contributed by atoms with E-state index < -0.39 is 0 Å². The molecule has 0 spiro atoms. The molecule has 0 radical (unpaired) electrons. The molecule has 1 heterocycles. The third-order valence-electron chi connectivity index (χ3n) is 2.75. The van der Waals surface area contributed by atoms with E-state index in [1.54, 1.807) is 24.3 Å².